The Hall–Kier alpha value is -2.00. The molecule has 1 heterocycles. The lowest BCUT2D eigenvalue weighted by molar-refractivity contribution is 0.411. The van der Waals surface area contributed by atoms with Gasteiger partial charge in [-0.15, -0.1) is 10.2 Å². The fraction of sp³-hybridized carbons (Fsp3) is 0.250. The van der Waals surface area contributed by atoms with Crippen LogP contribution in [0.3, 0.4) is 0 Å². The monoisotopic (exact) mass is 261 g/mol. The van der Waals surface area contributed by atoms with Crippen LogP contribution in [0.2, 0.25) is 0 Å². The number of benzene rings is 1. The van der Waals surface area contributed by atoms with Crippen LogP contribution in [0.1, 0.15) is 6.42 Å². The van der Waals surface area contributed by atoms with E-state index in [-0.39, 0.29) is 0 Å². The highest BCUT2D eigenvalue weighted by atomic mass is 32.2. The molecule has 0 unspecified atom stereocenters. The van der Waals surface area contributed by atoms with Gasteiger partial charge in [0.25, 0.3) is 11.1 Å². The Balaban J connectivity index is 2.16. The summed E-state index contributed by atoms with van der Waals surface area (Å²) in [6.07, 6.45) is 0.455. The van der Waals surface area contributed by atoms with Crippen molar-refractivity contribution >= 4 is 11.8 Å². The molecule has 1 aromatic heterocycles. The van der Waals surface area contributed by atoms with Gasteiger partial charge in [-0.05, 0) is 12.1 Å². The fourth-order valence-corrected chi connectivity index (χ4v) is 1.99. The molecule has 0 spiro atoms. The average molecular weight is 261 g/mol. The summed E-state index contributed by atoms with van der Waals surface area (Å²) in [5.41, 5.74) is 0.764. The molecule has 0 aliphatic rings. The molecule has 0 aliphatic carbocycles. The molecule has 0 saturated carbocycles. The van der Waals surface area contributed by atoms with Crippen molar-refractivity contribution in [3.8, 4) is 23.3 Å². The Morgan fingerprint density at radius 2 is 2.22 bits per heavy atom. The third kappa shape index (κ3) is 2.81. The van der Waals surface area contributed by atoms with Gasteiger partial charge >= 0.3 is 0 Å². The van der Waals surface area contributed by atoms with Gasteiger partial charge in [0.05, 0.1) is 18.7 Å². The molecule has 0 aliphatic heterocycles. The summed E-state index contributed by atoms with van der Waals surface area (Å²) in [7, 11) is 1.60. The minimum absolute atomic E-state index is 0.423. The number of nitriles is 1. The molecule has 92 valence electrons. The summed E-state index contributed by atoms with van der Waals surface area (Å²) in [4.78, 5) is 0. The number of methoxy groups -OCH3 is 1. The van der Waals surface area contributed by atoms with E-state index in [9.17, 15) is 0 Å². The zero-order valence-electron chi connectivity index (χ0n) is 9.79. The maximum absolute atomic E-state index is 8.45. The zero-order valence-corrected chi connectivity index (χ0v) is 10.6. The van der Waals surface area contributed by atoms with Gasteiger partial charge in [0.2, 0.25) is 0 Å². The second kappa shape index (κ2) is 6.07. The second-order valence-corrected chi connectivity index (χ2v) is 4.38. The number of thioether (sulfide) groups is 1. The molecule has 0 bridgehead atoms. The third-order valence-corrected chi connectivity index (χ3v) is 3.00. The van der Waals surface area contributed by atoms with Crippen molar-refractivity contribution in [2.24, 2.45) is 0 Å². The first-order valence-electron chi connectivity index (χ1n) is 5.32. The van der Waals surface area contributed by atoms with Crippen LogP contribution in [0.25, 0.3) is 11.5 Å². The van der Waals surface area contributed by atoms with Crippen molar-refractivity contribution in [1.82, 2.24) is 10.2 Å². The summed E-state index contributed by atoms with van der Waals surface area (Å²) < 4.78 is 10.7. The van der Waals surface area contributed by atoms with Crippen LogP contribution in [-0.2, 0) is 0 Å². The minimum atomic E-state index is 0.423. The first kappa shape index (κ1) is 12.5. The molecule has 1 aromatic carbocycles. The van der Waals surface area contributed by atoms with Crippen molar-refractivity contribution in [1.29, 1.82) is 5.26 Å². The molecule has 0 fully saturated rings. The minimum Gasteiger partial charge on any atom is -0.496 e. The number of rotatable bonds is 5. The Bertz CT molecular complexity index is 562. The lowest BCUT2D eigenvalue weighted by atomic mass is 10.2. The fourth-order valence-electron chi connectivity index (χ4n) is 1.38. The molecule has 18 heavy (non-hydrogen) atoms. The van der Waals surface area contributed by atoms with E-state index in [0.717, 1.165) is 5.56 Å². The van der Waals surface area contributed by atoms with Crippen molar-refractivity contribution in [3.05, 3.63) is 24.3 Å². The highest BCUT2D eigenvalue weighted by molar-refractivity contribution is 7.99. The molecule has 0 radical (unpaired) electrons. The molecule has 0 N–H and O–H groups in total. The SMILES string of the molecule is COc1ccccc1-c1nnc(SCCC#N)o1. The largest absolute Gasteiger partial charge is 0.496 e. The summed E-state index contributed by atoms with van der Waals surface area (Å²) in [6.45, 7) is 0. The van der Waals surface area contributed by atoms with Crippen LogP contribution < -0.4 is 4.74 Å². The number of ether oxygens (including phenoxy) is 1. The number of hydrogen-bond donors (Lipinski definition) is 0. The molecule has 0 saturated heterocycles. The molecule has 0 amide bonds. The maximum Gasteiger partial charge on any atom is 0.276 e. The normalized spacial score (nSPS) is 10.0. The topological polar surface area (TPSA) is 71.9 Å². The van der Waals surface area contributed by atoms with E-state index < -0.39 is 0 Å². The predicted octanol–water partition coefficient (Wildman–Crippen LogP) is 2.75. The van der Waals surface area contributed by atoms with Crippen LogP contribution in [0.4, 0.5) is 0 Å². The van der Waals surface area contributed by atoms with Crippen LogP contribution >= 0.6 is 11.8 Å². The smallest absolute Gasteiger partial charge is 0.276 e. The first-order valence-corrected chi connectivity index (χ1v) is 6.30. The lowest BCUT2D eigenvalue weighted by Crippen LogP contribution is -1.87. The van der Waals surface area contributed by atoms with Crippen molar-refractivity contribution in [3.63, 3.8) is 0 Å². The highest BCUT2D eigenvalue weighted by Crippen LogP contribution is 2.30. The van der Waals surface area contributed by atoms with E-state index in [1.807, 2.05) is 24.3 Å². The number of aromatic nitrogens is 2. The van der Waals surface area contributed by atoms with E-state index in [2.05, 4.69) is 16.3 Å². The predicted molar refractivity (Wildman–Crippen MR) is 67.2 cm³/mol. The van der Waals surface area contributed by atoms with E-state index in [1.54, 1.807) is 7.11 Å². The van der Waals surface area contributed by atoms with Gasteiger partial charge in [-0.3, -0.25) is 0 Å². The third-order valence-electron chi connectivity index (χ3n) is 2.18. The van der Waals surface area contributed by atoms with Crippen molar-refractivity contribution in [2.45, 2.75) is 11.6 Å². The van der Waals surface area contributed by atoms with Gasteiger partial charge < -0.3 is 9.15 Å². The van der Waals surface area contributed by atoms with Gasteiger partial charge in [-0.1, -0.05) is 23.9 Å². The Morgan fingerprint density at radius 3 is 3.00 bits per heavy atom. The quantitative estimate of drug-likeness (QED) is 0.608. The summed E-state index contributed by atoms with van der Waals surface area (Å²) >= 11 is 1.37. The molecular weight excluding hydrogens is 250 g/mol. The van der Waals surface area contributed by atoms with Crippen molar-refractivity contribution in [2.75, 3.05) is 12.9 Å². The number of nitrogens with zero attached hydrogens (tertiary/aromatic N) is 3. The van der Waals surface area contributed by atoms with Gasteiger partial charge in [0.1, 0.15) is 5.75 Å². The highest BCUT2D eigenvalue weighted by Gasteiger charge is 2.12. The summed E-state index contributed by atoms with van der Waals surface area (Å²) in [6, 6.07) is 9.51. The van der Waals surface area contributed by atoms with E-state index >= 15 is 0 Å². The van der Waals surface area contributed by atoms with Crippen LogP contribution in [-0.4, -0.2) is 23.1 Å². The van der Waals surface area contributed by atoms with Crippen molar-refractivity contribution < 1.29 is 9.15 Å². The molecule has 2 aromatic rings. The Morgan fingerprint density at radius 1 is 1.39 bits per heavy atom. The summed E-state index contributed by atoms with van der Waals surface area (Å²) in [5.74, 6) is 1.76. The molecule has 0 atom stereocenters. The van der Waals surface area contributed by atoms with Gasteiger partial charge in [0, 0.05) is 12.2 Å². The van der Waals surface area contributed by atoms with Crippen LogP contribution in [0.5, 0.6) is 5.75 Å². The standard InChI is InChI=1S/C12H11N3O2S/c1-16-10-6-3-2-5-9(10)11-14-15-12(17-11)18-8-4-7-13/h2-3,5-6H,4,8H2,1H3. The zero-order chi connectivity index (χ0) is 12.8. The van der Waals surface area contributed by atoms with Gasteiger partial charge in [0.15, 0.2) is 0 Å². The van der Waals surface area contributed by atoms with E-state index in [0.29, 0.717) is 29.0 Å². The average Bonchev–Trinajstić information content (AvgIpc) is 2.88. The first-order chi connectivity index (χ1) is 8.85. The number of hydrogen-bond acceptors (Lipinski definition) is 6. The van der Waals surface area contributed by atoms with Gasteiger partial charge in [-0.2, -0.15) is 5.26 Å². The van der Waals surface area contributed by atoms with Crippen LogP contribution in [0, 0.1) is 11.3 Å². The summed E-state index contributed by atoms with van der Waals surface area (Å²) in [5, 5.41) is 16.8. The molecule has 6 heteroatoms. The van der Waals surface area contributed by atoms with Crippen LogP contribution in [0.15, 0.2) is 33.9 Å². The molecule has 5 nitrogen and oxygen atoms in total. The van der Waals surface area contributed by atoms with Gasteiger partial charge in [-0.25, -0.2) is 0 Å². The van der Waals surface area contributed by atoms with E-state index in [4.69, 9.17) is 14.4 Å². The Labute approximate surface area is 109 Å². The lowest BCUT2D eigenvalue weighted by Gasteiger charge is -2.03. The molecule has 2 rings (SSSR count). The second-order valence-electron chi connectivity index (χ2n) is 3.33. The Kier molecular flexibility index (Phi) is 4.20. The maximum atomic E-state index is 8.45. The number of para-hydroxylation sites is 1. The van der Waals surface area contributed by atoms with E-state index in [1.165, 1.54) is 11.8 Å². The molecular formula is C12H11N3O2S.